The molecule has 1 amide bonds. The van der Waals surface area contributed by atoms with Crippen LogP contribution in [-0.4, -0.2) is 21.9 Å². The number of nitrogen functional groups attached to an aromatic ring is 1. The molecule has 0 fully saturated rings. The first-order chi connectivity index (χ1) is 15.3. The van der Waals surface area contributed by atoms with Gasteiger partial charge < -0.3 is 15.8 Å². The van der Waals surface area contributed by atoms with E-state index in [9.17, 15) is 4.79 Å². The maximum Gasteiger partial charge on any atom is 0.261 e. The molecule has 0 atom stereocenters. The number of nitrogens with one attached hydrogen (secondary N) is 1. The van der Waals surface area contributed by atoms with Crippen molar-refractivity contribution < 1.29 is 9.53 Å². The van der Waals surface area contributed by atoms with Crippen molar-refractivity contribution in [1.82, 2.24) is 15.3 Å². The molecule has 4 aromatic rings. The predicted octanol–water partition coefficient (Wildman–Crippen LogP) is 5.96. The molecule has 0 radical (unpaired) electrons. The molecular formula is C23H20Cl2N4O2S. The van der Waals surface area contributed by atoms with Gasteiger partial charge in [-0.05, 0) is 37.6 Å². The molecule has 0 saturated heterocycles. The van der Waals surface area contributed by atoms with Gasteiger partial charge in [-0.1, -0.05) is 53.5 Å². The number of anilines is 1. The third kappa shape index (κ3) is 4.80. The average molecular weight is 487 g/mol. The minimum Gasteiger partial charge on any atom is -0.487 e. The van der Waals surface area contributed by atoms with Crippen molar-refractivity contribution in [2.24, 2.45) is 0 Å². The molecule has 2 aromatic carbocycles. The number of aromatic nitrogens is 2. The lowest BCUT2D eigenvalue weighted by atomic mass is 10.1. The standard InChI is InChI=1S/C23H20Cl2N4O2S/c1-12(2)27-21(30)19-9-15-20(28-23(26)29-22(15)32-19)14-8-18(17(25)10-16(14)24)31-11-13-6-4-3-5-7-13/h3-10,12H,11H2,1-2H3,(H,27,30)(H2,26,28,29). The summed E-state index contributed by atoms with van der Waals surface area (Å²) in [6.07, 6.45) is 0. The molecule has 0 aliphatic heterocycles. The number of rotatable bonds is 6. The summed E-state index contributed by atoms with van der Waals surface area (Å²) in [5, 5.41) is 4.33. The molecule has 164 valence electrons. The Morgan fingerprint density at radius 2 is 1.88 bits per heavy atom. The molecule has 2 aromatic heterocycles. The van der Waals surface area contributed by atoms with Gasteiger partial charge in [-0.25, -0.2) is 9.97 Å². The molecule has 3 N–H and O–H groups in total. The Morgan fingerprint density at radius 3 is 2.59 bits per heavy atom. The SMILES string of the molecule is CC(C)NC(=O)c1cc2c(-c3cc(OCc4ccccc4)c(Cl)cc3Cl)nc(N)nc2s1. The van der Waals surface area contributed by atoms with E-state index in [0.29, 0.717) is 48.8 Å². The van der Waals surface area contributed by atoms with Crippen LogP contribution >= 0.6 is 34.5 Å². The largest absolute Gasteiger partial charge is 0.487 e. The first-order valence-electron chi connectivity index (χ1n) is 9.86. The highest BCUT2D eigenvalue weighted by Gasteiger charge is 2.20. The van der Waals surface area contributed by atoms with Crippen LogP contribution in [0.5, 0.6) is 5.75 Å². The topological polar surface area (TPSA) is 90.1 Å². The molecule has 0 spiro atoms. The summed E-state index contributed by atoms with van der Waals surface area (Å²) < 4.78 is 5.94. The summed E-state index contributed by atoms with van der Waals surface area (Å²) in [6.45, 7) is 4.15. The summed E-state index contributed by atoms with van der Waals surface area (Å²) in [7, 11) is 0. The molecule has 32 heavy (non-hydrogen) atoms. The van der Waals surface area contributed by atoms with Gasteiger partial charge in [0.25, 0.3) is 5.91 Å². The molecule has 0 saturated carbocycles. The van der Waals surface area contributed by atoms with Gasteiger partial charge in [0.15, 0.2) is 0 Å². The summed E-state index contributed by atoms with van der Waals surface area (Å²) in [6, 6.07) is 14.9. The average Bonchev–Trinajstić information content (AvgIpc) is 3.17. The Labute approximate surface area is 199 Å². The van der Waals surface area contributed by atoms with E-state index < -0.39 is 0 Å². The van der Waals surface area contributed by atoms with E-state index in [-0.39, 0.29) is 17.9 Å². The van der Waals surface area contributed by atoms with Crippen LogP contribution in [0.25, 0.3) is 21.5 Å². The van der Waals surface area contributed by atoms with Crippen molar-refractivity contribution in [2.75, 3.05) is 5.73 Å². The third-order valence-electron chi connectivity index (χ3n) is 4.57. The predicted molar refractivity (Wildman–Crippen MR) is 131 cm³/mol. The fraction of sp³-hybridized carbons (Fsp3) is 0.174. The quantitative estimate of drug-likeness (QED) is 0.350. The second-order valence-electron chi connectivity index (χ2n) is 7.42. The second-order valence-corrected chi connectivity index (χ2v) is 9.27. The smallest absolute Gasteiger partial charge is 0.261 e. The number of nitrogens with zero attached hydrogens (tertiary/aromatic N) is 2. The molecule has 6 nitrogen and oxygen atoms in total. The first kappa shape index (κ1) is 22.3. The minimum absolute atomic E-state index is 0.0124. The lowest BCUT2D eigenvalue weighted by molar-refractivity contribution is 0.0947. The van der Waals surface area contributed by atoms with Crippen LogP contribution < -0.4 is 15.8 Å². The van der Waals surface area contributed by atoms with Gasteiger partial charge in [-0.15, -0.1) is 11.3 Å². The number of thiophene rings is 1. The Morgan fingerprint density at radius 1 is 1.12 bits per heavy atom. The number of benzene rings is 2. The lowest BCUT2D eigenvalue weighted by Crippen LogP contribution is -2.29. The van der Waals surface area contributed by atoms with E-state index in [1.807, 2.05) is 44.2 Å². The van der Waals surface area contributed by atoms with Crippen molar-refractivity contribution in [2.45, 2.75) is 26.5 Å². The van der Waals surface area contributed by atoms with Crippen molar-refractivity contribution in [3.8, 4) is 17.0 Å². The van der Waals surface area contributed by atoms with Crippen LogP contribution in [0.4, 0.5) is 5.95 Å². The molecule has 2 heterocycles. The van der Waals surface area contributed by atoms with Crippen LogP contribution in [0, 0.1) is 0 Å². The molecule has 4 rings (SSSR count). The van der Waals surface area contributed by atoms with E-state index in [2.05, 4.69) is 15.3 Å². The van der Waals surface area contributed by atoms with Gasteiger partial charge >= 0.3 is 0 Å². The number of halogens is 2. The van der Waals surface area contributed by atoms with Gasteiger partial charge in [0.2, 0.25) is 5.95 Å². The Bertz CT molecular complexity index is 1290. The van der Waals surface area contributed by atoms with E-state index in [1.165, 1.54) is 11.3 Å². The first-order valence-corrected chi connectivity index (χ1v) is 11.4. The third-order valence-corrected chi connectivity index (χ3v) is 6.20. The van der Waals surface area contributed by atoms with Gasteiger partial charge in [0.05, 0.1) is 20.6 Å². The second kappa shape index (κ2) is 9.32. The maximum atomic E-state index is 12.5. The van der Waals surface area contributed by atoms with E-state index >= 15 is 0 Å². The zero-order chi connectivity index (χ0) is 22.8. The zero-order valence-corrected chi connectivity index (χ0v) is 19.7. The minimum atomic E-state index is -0.179. The lowest BCUT2D eigenvalue weighted by Gasteiger charge is -2.12. The molecular weight excluding hydrogens is 467 g/mol. The highest BCUT2D eigenvalue weighted by molar-refractivity contribution is 7.20. The van der Waals surface area contributed by atoms with Crippen molar-refractivity contribution in [3.05, 3.63) is 69.0 Å². The van der Waals surface area contributed by atoms with Gasteiger partial charge in [0, 0.05) is 17.0 Å². The van der Waals surface area contributed by atoms with Crippen molar-refractivity contribution in [3.63, 3.8) is 0 Å². The number of carbonyl (C=O) groups is 1. The van der Waals surface area contributed by atoms with E-state index in [0.717, 1.165) is 5.56 Å². The van der Waals surface area contributed by atoms with E-state index in [4.69, 9.17) is 33.7 Å². The van der Waals surface area contributed by atoms with Crippen LogP contribution in [0.2, 0.25) is 10.0 Å². The van der Waals surface area contributed by atoms with E-state index in [1.54, 1.807) is 18.2 Å². The van der Waals surface area contributed by atoms with Crippen LogP contribution in [0.3, 0.4) is 0 Å². The van der Waals surface area contributed by atoms with Gasteiger partial charge in [0.1, 0.15) is 17.2 Å². The number of hydrogen-bond acceptors (Lipinski definition) is 6. The van der Waals surface area contributed by atoms with Crippen LogP contribution in [-0.2, 0) is 6.61 Å². The number of ether oxygens (including phenoxy) is 1. The molecule has 0 aliphatic rings. The molecule has 0 unspecified atom stereocenters. The molecule has 0 aliphatic carbocycles. The summed E-state index contributed by atoms with van der Waals surface area (Å²) in [5.74, 6) is 0.373. The number of hydrogen-bond donors (Lipinski definition) is 2. The number of nitrogens with two attached hydrogens (primary N) is 1. The number of carbonyl (C=O) groups excluding carboxylic acids is 1. The summed E-state index contributed by atoms with van der Waals surface area (Å²) >= 11 is 14.2. The highest BCUT2D eigenvalue weighted by atomic mass is 35.5. The fourth-order valence-electron chi connectivity index (χ4n) is 3.14. The number of amides is 1. The summed E-state index contributed by atoms with van der Waals surface area (Å²) in [5.41, 5.74) is 8.07. The van der Waals surface area contributed by atoms with Gasteiger partial charge in [-0.3, -0.25) is 4.79 Å². The maximum absolute atomic E-state index is 12.5. The van der Waals surface area contributed by atoms with Crippen LogP contribution in [0.1, 0.15) is 29.1 Å². The normalized spacial score (nSPS) is 11.2. The summed E-state index contributed by atoms with van der Waals surface area (Å²) in [4.78, 5) is 22.3. The molecule has 0 bridgehead atoms. The number of fused-ring (bicyclic) bond motifs is 1. The Kier molecular flexibility index (Phi) is 6.50. The van der Waals surface area contributed by atoms with Crippen molar-refractivity contribution in [1.29, 1.82) is 0 Å². The molecule has 9 heteroatoms. The highest BCUT2D eigenvalue weighted by Crippen LogP contribution is 2.40. The Balaban J connectivity index is 1.75. The van der Waals surface area contributed by atoms with Crippen molar-refractivity contribution >= 4 is 56.6 Å². The fourth-order valence-corrected chi connectivity index (χ4v) is 4.61. The Hall–Kier alpha value is -2.87. The van der Waals surface area contributed by atoms with Gasteiger partial charge in [-0.2, -0.15) is 0 Å². The monoisotopic (exact) mass is 486 g/mol. The zero-order valence-electron chi connectivity index (χ0n) is 17.4. The van der Waals surface area contributed by atoms with Crippen LogP contribution in [0.15, 0.2) is 48.5 Å².